The van der Waals surface area contributed by atoms with Crippen LogP contribution in [0.3, 0.4) is 0 Å². The van der Waals surface area contributed by atoms with Gasteiger partial charge in [0.05, 0.1) is 11.1 Å². The van der Waals surface area contributed by atoms with Crippen LogP contribution >= 0.6 is 0 Å². The van der Waals surface area contributed by atoms with Crippen molar-refractivity contribution in [2.24, 2.45) is 0 Å². The Bertz CT molecular complexity index is 1360. The standard InChI is InChI=1S/C25H20N2O4/c1-16-6-8-17(9-7-16)21(28)15-27-25(29)20-5-3-2-4-19(20)24(26-27)18-10-11-22-23(14-18)31-13-12-30-22/h2-11,14H,12-13,15H2,1H3. The van der Waals surface area contributed by atoms with E-state index in [0.717, 1.165) is 16.5 Å². The highest BCUT2D eigenvalue weighted by molar-refractivity contribution is 5.97. The number of aromatic nitrogens is 2. The van der Waals surface area contributed by atoms with Gasteiger partial charge in [-0.3, -0.25) is 9.59 Å². The normalized spacial score (nSPS) is 12.7. The molecule has 0 saturated heterocycles. The first-order valence-corrected chi connectivity index (χ1v) is 10.1. The van der Waals surface area contributed by atoms with Gasteiger partial charge in [0, 0.05) is 16.5 Å². The van der Waals surface area contributed by atoms with Crippen molar-refractivity contribution >= 4 is 16.6 Å². The highest BCUT2D eigenvalue weighted by atomic mass is 16.6. The van der Waals surface area contributed by atoms with Crippen LogP contribution in [0.2, 0.25) is 0 Å². The number of carbonyl (C=O) groups excluding carboxylic acids is 1. The quantitative estimate of drug-likeness (QED) is 0.474. The number of ketones is 1. The first-order valence-electron chi connectivity index (χ1n) is 10.1. The Kier molecular flexibility index (Phi) is 4.75. The molecule has 1 aliphatic rings. The molecular formula is C25H20N2O4. The van der Waals surface area contributed by atoms with Gasteiger partial charge in [0.1, 0.15) is 19.8 Å². The maximum Gasteiger partial charge on any atom is 0.275 e. The molecule has 6 heteroatoms. The number of fused-ring (bicyclic) bond motifs is 2. The third-order valence-corrected chi connectivity index (χ3v) is 5.35. The second-order valence-corrected chi connectivity index (χ2v) is 7.50. The van der Waals surface area contributed by atoms with E-state index in [2.05, 4.69) is 5.10 Å². The number of nitrogens with zero attached hydrogens (tertiary/aromatic N) is 2. The van der Waals surface area contributed by atoms with E-state index in [1.165, 1.54) is 4.68 Å². The summed E-state index contributed by atoms with van der Waals surface area (Å²) >= 11 is 0. The zero-order chi connectivity index (χ0) is 21.4. The van der Waals surface area contributed by atoms with Crippen molar-refractivity contribution in [1.29, 1.82) is 0 Å². The number of hydrogen-bond donors (Lipinski definition) is 0. The largest absolute Gasteiger partial charge is 0.486 e. The Morgan fingerprint density at radius 1 is 0.935 bits per heavy atom. The molecule has 154 valence electrons. The summed E-state index contributed by atoms with van der Waals surface area (Å²) in [7, 11) is 0. The van der Waals surface area contributed by atoms with Gasteiger partial charge in [-0.15, -0.1) is 0 Å². The summed E-state index contributed by atoms with van der Waals surface area (Å²) in [5.41, 5.74) is 2.73. The predicted octanol–water partition coefficient (Wildman–Crippen LogP) is 4.03. The van der Waals surface area contributed by atoms with Gasteiger partial charge in [0.2, 0.25) is 0 Å². The smallest absolute Gasteiger partial charge is 0.275 e. The summed E-state index contributed by atoms with van der Waals surface area (Å²) < 4.78 is 12.6. The van der Waals surface area contributed by atoms with Gasteiger partial charge < -0.3 is 9.47 Å². The lowest BCUT2D eigenvalue weighted by Gasteiger charge is -2.19. The van der Waals surface area contributed by atoms with E-state index in [0.29, 0.717) is 41.4 Å². The molecule has 0 amide bonds. The Hall–Kier alpha value is -3.93. The molecule has 0 saturated carbocycles. The molecule has 0 spiro atoms. The number of aryl methyl sites for hydroxylation is 1. The average molecular weight is 412 g/mol. The van der Waals surface area contributed by atoms with Gasteiger partial charge >= 0.3 is 0 Å². The topological polar surface area (TPSA) is 70.4 Å². The minimum absolute atomic E-state index is 0.135. The number of ether oxygens (including phenoxy) is 2. The van der Waals surface area contributed by atoms with E-state index in [-0.39, 0.29) is 17.9 Å². The molecule has 0 bridgehead atoms. The minimum Gasteiger partial charge on any atom is -0.486 e. The number of hydrogen-bond acceptors (Lipinski definition) is 5. The number of carbonyl (C=O) groups is 1. The lowest BCUT2D eigenvalue weighted by Crippen LogP contribution is -2.27. The minimum atomic E-state index is -0.294. The van der Waals surface area contributed by atoms with Crippen molar-refractivity contribution in [3.63, 3.8) is 0 Å². The Labute approximate surface area is 178 Å². The Morgan fingerprint density at radius 3 is 2.42 bits per heavy atom. The lowest BCUT2D eigenvalue weighted by atomic mass is 10.0. The van der Waals surface area contributed by atoms with E-state index in [9.17, 15) is 9.59 Å². The number of Topliss-reactive ketones (excluding diaryl/α,β-unsaturated/α-hetero) is 1. The molecule has 1 aromatic heterocycles. The molecule has 31 heavy (non-hydrogen) atoms. The van der Waals surface area contributed by atoms with Crippen LogP contribution in [-0.2, 0) is 6.54 Å². The van der Waals surface area contributed by atoms with Gasteiger partial charge in [-0.2, -0.15) is 5.10 Å². The number of rotatable bonds is 4. The van der Waals surface area contributed by atoms with Crippen LogP contribution in [0.25, 0.3) is 22.0 Å². The van der Waals surface area contributed by atoms with Crippen LogP contribution in [0, 0.1) is 6.92 Å². The summed E-state index contributed by atoms with van der Waals surface area (Å²) in [6, 6.07) is 20.2. The summed E-state index contributed by atoms with van der Waals surface area (Å²) in [5.74, 6) is 1.16. The molecule has 0 fully saturated rings. The molecule has 0 N–H and O–H groups in total. The Morgan fingerprint density at radius 2 is 1.65 bits per heavy atom. The van der Waals surface area contributed by atoms with Crippen molar-refractivity contribution in [1.82, 2.24) is 9.78 Å². The third kappa shape index (κ3) is 3.57. The van der Waals surface area contributed by atoms with Gasteiger partial charge in [0.25, 0.3) is 5.56 Å². The second-order valence-electron chi connectivity index (χ2n) is 7.50. The van der Waals surface area contributed by atoms with Gasteiger partial charge in [-0.05, 0) is 31.2 Å². The second kappa shape index (κ2) is 7.72. The summed E-state index contributed by atoms with van der Waals surface area (Å²) in [6.45, 7) is 2.82. The monoisotopic (exact) mass is 412 g/mol. The molecule has 5 rings (SSSR count). The van der Waals surface area contributed by atoms with Gasteiger partial charge in [-0.1, -0.05) is 48.0 Å². The fraction of sp³-hybridized carbons (Fsp3) is 0.160. The van der Waals surface area contributed by atoms with Crippen molar-refractivity contribution in [2.75, 3.05) is 13.2 Å². The van der Waals surface area contributed by atoms with E-state index in [1.54, 1.807) is 18.2 Å². The highest BCUT2D eigenvalue weighted by Gasteiger charge is 2.18. The summed E-state index contributed by atoms with van der Waals surface area (Å²) in [6.07, 6.45) is 0. The molecule has 0 unspecified atom stereocenters. The molecule has 0 atom stereocenters. The first kappa shape index (κ1) is 19.1. The molecule has 6 nitrogen and oxygen atoms in total. The average Bonchev–Trinajstić information content (AvgIpc) is 2.81. The molecule has 0 radical (unpaired) electrons. The summed E-state index contributed by atoms with van der Waals surface area (Å²) in [5, 5.41) is 5.83. The van der Waals surface area contributed by atoms with Crippen molar-refractivity contribution in [3.8, 4) is 22.8 Å². The Balaban J connectivity index is 1.62. The number of benzene rings is 3. The van der Waals surface area contributed by atoms with Crippen molar-refractivity contribution in [3.05, 3.63) is 88.2 Å². The maximum atomic E-state index is 13.1. The molecule has 1 aliphatic heterocycles. The molecule has 0 aliphatic carbocycles. The molecule has 2 heterocycles. The van der Waals surface area contributed by atoms with Gasteiger partial charge in [-0.25, -0.2) is 4.68 Å². The van der Waals surface area contributed by atoms with Crippen LogP contribution in [-0.4, -0.2) is 28.8 Å². The van der Waals surface area contributed by atoms with E-state index < -0.39 is 0 Å². The lowest BCUT2D eigenvalue weighted by molar-refractivity contribution is 0.0966. The van der Waals surface area contributed by atoms with Gasteiger partial charge in [0.15, 0.2) is 17.3 Å². The van der Waals surface area contributed by atoms with Crippen LogP contribution in [0.4, 0.5) is 0 Å². The zero-order valence-corrected chi connectivity index (χ0v) is 17.0. The van der Waals surface area contributed by atoms with Crippen molar-refractivity contribution < 1.29 is 14.3 Å². The van der Waals surface area contributed by atoms with E-state index >= 15 is 0 Å². The molecule has 4 aromatic rings. The van der Waals surface area contributed by atoms with Crippen LogP contribution in [0.1, 0.15) is 15.9 Å². The maximum absolute atomic E-state index is 13.1. The van der Waals surface area contributed by atoms with Crippen molar-refractivity contribution in [2.45, 2.75) is 13.5 Å². The fourth-order valence-electron chi connectivity index (χ4n) is 3.71. The van der Waals surface area contributed by atoms with E-state index in [4.69, 9.17) is 9.47 Å². The summed E-state index contributed by atoms with van der Waals surface area (Å²) in [4.78, 5) is 25.9. The predicted molar refractivity (Wildman–Crippen MR) is 118 cm³/mol. The zero-order valence-electron chi connectivity index (χ0n) is 17.0. The third-order valence-electron chi connectivity index (χ3n) is 5.35. The van der Waals surface area contributed by atoms with Crippen LogP contribution < -0.4 is 15.0 Å². The highest BCUT2D eigenvalue weighted by Crippen LogP contribution is 2.35. The molecular weight excluding hydrogens is 392 g/mol. The van der Waals surface area contributed by atoms with E-state index in [1.807, 2.05) is 55.5 Å². The SMILES string of the molecule is Cc1ccc(C(=O)Cn2nc(-c3ccc4c(c3)OCCO4)c3ccccc3c2=O)cc1. The van der Waals surface area contributed by atoms with Crippen LogP contribution in [0.15, 0.2) is 71.5 Å². The first-order chi connectivity index (χ1) is 15.1. The molecule has 3 aromatic carbocycles. The fourth-order valence-corrected chi connectivity index (χ4v) is 3.71. The van der Waals surface area contributed by atoms with Crippen LogP contribution in [0.5, 0.6) is 11.5 Å².